The molecule has 0 atom stereocenters. The maximum Gasteiger partial charge on any atom is 0.126 e. The van der Waals surface area contributed by atoms with E-state index in [-0.39, 0.29) is 5.83 Å². The van der Waals surface area contributed by atoms with Gasteiger partial charge in [0.1, 0.15) is 5.83 Å². The van der Waals surface area contributed by atoms with Crippen molar-refractivity contribution in [2.24, 2.45) is 0 Å². The van der Waals surface area contributed by atoms with E-state index in [4.69, 9.17) is 5.41 Å². The molecule has 0 aromatic heterocycles. The molecule has 0 bridgehead atoms. The average molecular weight is 181 g/mol. The molecule has 0 saturated carbocycles. The Balaban J connectivity index is 4.16. The van der Waals surface area contributed by atoms with E-state index in [2.05, 4.69) is 6.92 Å². The molecule has 0 spiro atoms. The van der Waals surface area contributed by atoms with Gasteiger partial charge in [0, 0.05) is 6.21 Å². The second-order valence-corrected chi connectivity index (χ2v) is 2.75. The van der Waals surface area contributed by atoms with Gasteiger partial charge in [-0.05, 0) is 31.1 Å². The van der Waals surface area contributed by atoms with Gasteiger partial charge in [0.25, 0.3) is 0 Å². The molecular formula is C11H16FN. The lowest BCUT2D eigenvalue weighted by atomic mass is 10.2. The van der Waals surface area contributed by atoms with Gasteiger partial charge in [-0.15, -0.1) is 0 Å². The summed E-state index contributed by atoms with van der Waals surface area (Å²) in [7, 11) is 0. The van der Waals surface area contributed by atoms with Crippen molar-refractivity contribution in [1.82, 2.24) is 0 Å². The summed E-state index contributed by atoms with van der Waals surface area (Å²) in [6.07, 6.45) is 9.61. The van der Waals surface area contributed by atoms with Gasteiger partial charge in [0.2, 0.25) is 0 Å². The van der Waals surface area contributed by atoms with Gasteiger partial charge < -0.3 is 5.41 Å². The first kappa shape index (κ1) is 11.8. The standard InChI is InChI=1S/C11H16FN/c1-3-4-5-6-7-11(12)10(2)8-9-13/h5-9,13H,3-4H2,1-2H3/b6-5-,10-8+,11-7+,13-9?. The minimum atomic E-state index is -0.282. The maximum atomic E-state index is 13.0. The Kier molecular flexibility index (Phi) is 6.79. The lowest BCUT2D eigenvalue weighted by Gasteiger charge is -1.92. The highest BCUT2D eigenvalue weighted by Gasteiger charge is 1.93. The summed E-state index contributed by atoms with van der Waals surface area (Å²) in [6, 6.07) is 0. The van der Waals surface area contributed by atoms with Gasteiger partial charge in [-0.1, -0.05) is 25.5 Å². The van der Waals surface area contributed by atoms with Crippen molar-refractivity contribution >= 4 is 6.21 Å². The van der Waals surface area contributed by atoms with Gasteiger partial charge in [-0.25, -0.2) is 4.39 Å². The first-order valence-electron chi connectivity index (χ1n) is 4.42. The molecule has 72 valence electrons. The lowest BCUT2D eigenvalue weighted by Crippen LogP contribution is -1.77. The second kappa shape index (κ2) is 7.47. The highest BCUT2D eigenvalue weighted by molar-refractivity contribution is 5.70. The summed E-state index contributed by atoms with van der Waals surface area (Å²) in [6.45, 7) is 3.72. The topological polar surface area (TPSA) is 23.9 Å². The van der Waals surface area contributed by atoms with Crippen LogP contribution in [0.1, 0.15) is 26.7 Å². The molecule has 0 radical (unpaired) electrons. The summed E-state index contributed by atoms with van der Waals surface area (Å²) >= 11 is 0. The molecule has 2 heteroatoms. The molecule has 0 aliphatic rings. The smallest absolute Gasteiger partial charge is 0.126 e. The molecular weight excluding hydrogens is 165 g/mol. The van der Waals surface area contributed by atoms with Gasteiger partial charge in [-0.3, -0.25) is 0 Å². The van der Waals surface area contributed by atoms with Gasteiger partial charge in [0.15, 0.2) is 0 Å². The molecule has 0 amide bonds. The van der Waals surface area contributed by atoms with Crippen molar-refractivity contribution in [3.8, 4) is 0 Å². The minimum absolute atomic E-state index is 0.282. The fourth-order valence-corrected chi connectivity index (χ4v) is 0.751. The van der Waals surface area contributed by atoms with Crippen LogP contribution in [0.25, 0.3) is 0 Å². The Morgan fingerprint density at radius 3 is 2.62 bits per heavy atom. The number of rotatable bonds is 5. The van der Waals surface area contributed by atoms with Crippen LogP contribution in [-0.4, -0.2) is 6.21 Å². The average Bonchev–Trinajstić information content (AvgIpc) is 2.12. The lowest BCUT2D eigenvalue weighted by molar-refractivity contribution is 0.652. The highest BCUT2D eigenvalue weighted by Crippen LogP contribution is 2.09. The van der Waals surface area contributed by atoms with Crippen LogP contribution in [0, 0.1) is 5.41 Å². The second-order valence-electron chi connectivity index (χ2n) is 2.75. The fraction of sp³-hybridized carbons (Fsp3) is 0.364. The summed E-state index contributed by atoms with van der Waals surface area (Å²) in [5.41, 5.74) is 0.483. The van der Waals surface area contributed by atoms with Gasteiger partial charge in [0.05, 0.1) is 0 Å². The molecule has 0 aromatic carbocycles. The summed E-state index contributed by atoms with van der Waals surface area (Å²) in [5, 5.41) is 6.76. The van der Waals surface area contributed by atoms with E-state index in [1.807, 2.05) is 6.08 Å². The summed E-state index contributed by atoms with van der Waals surface area (Å²) < 4.78 is 13.0. The Hall–Kier alpha value is -1.18. The first-order chi connectivity index (χ1) is 6.22. The molecule has 0 heterocycles. The van der Waals surface area contributed by atoms with Crippen molar-refractivity contribution in [1.29, 1.82) is 5.41 Å². The van der Waals surface area contributed by atoms with E-state index in [0.717, 1.165) is 19.1 Å². The largest absolute Gasteiger partial charge is 0.309 e. The monoisotopic (exact) mass is 181 g/mol. The Bertz CT molecular complexity index is 236. The molecule has 0 aromatic rings. The molecule has 1 N–H and O–H groups in total. The molecule has 0 aliphatic heterocycles. The summed E-state index contributed by atoms with van der Waals surface area (Å²) in [4.78, 5) is 0. The van der Waals surface area contributed by atoms with Crippen molar-refractivity contribution in [3.63, 3.8) is 0 Å². The third-order valence-corrected chi connectivity index (χ3v) is 1.54. The zero-order chi connectivity index (χ0) is 10.1. The van der Waals surface area contributed by atoms with Crippen LogP contribution in [0.3, 0.4) is 0 Å². The molecule has 1 nitrogen and oxygen atoms in total. The fourth-order valence-electron chi connectivity index (χ4n) is 0.751. The zero-order valence-electron chi connectivity index (χ0n) is 8.18. The van der Waals surface area contributed by atoms with E-state index >= 15 is 0 Å². The van der Waals surface area contributed by atoms with Crippen LogP contribution in [0.4, 0.5) is 4.39 Å². The number of allylic oxidation sites excluding steroid dienone is 6. The van der Waals surface area contributed by atoms with Crippen molar-refractivity contribution in [2.75, 3.05) is 0 Å². The predicted molar refractivity (Wildman–Crippen MR) is 55.8 cm³/mol. The van der Waals surface area contributed by atoms with Gasteiger partial charge in [-0.2, -0.15) is 0 Å². The number of unbranched alkanes of at least 4 members (excludes halogenated alkanes) is 1. The van der Waals surface area contributed by atoms with E-state index in [1.54, 1.807) is 13.0 Å². The van der Waals surface area contributed by atoms with E-state index < -0.39 is 0 Å². The maximum absolute atomic E-state index is 13.0. The van der Waals surface area contributed by atoms with Crippen molar-refractivity contribution in [3.05, 3.63) is 35.7 Å². The zero-order valence-corrected chi connectivity index (χ0v) is 8.18. The van der Waals surface area contributed by atoms with Crippen LogP contribution in [0.5, 0.6) is 0 Å². The Morgan fingerprint density at radius 2 is 2.08 bits per heavy atom. The van der Waals surface area contributed by atoms with Crippen LogP contribution in [0.2, 0.25) is 0 Å². The van der Waals surface area contributed by atoms with E-state index in [1.165, 1.54) is 12.2 Å². The number of hydrogen-bond acceptors (Lipinski definition) is 1. The first-order valence-corrected chi connectivity index (χ1v) is 4.42. The Morgan fingerprint density at radius 1 is 1.38 bits per heavy atom. The molecule has 13 heavy (non-hydrogen) atoms. The molecule has 0 rings (SSSR count). The van der Waals surface area contributed by atoms with Crippen LogP contribution < -0.4 is 0 Å². The predicted octanol–water partition coefficient (Wildman–Crippen LogP) is 3.79. The third kappa shape index (κ3) is 6.02. The quantitative estimate of drug-likeness (QED) is 0.493. The Labute approximate surface area is 79.2 Å². The normalized spacial score (nSPS) is 13.8. The number of halogens is 1. The number of nitrogens with one attached hydrogen (secondary N) is 1. The highest BCUT2D eigenvalue weighted by atomic mass is 19.1. The SMILES string of the molecule is CCC\C=C/C=C(F)\C(C)=C\C=N. The summed E-state index contributed by atoms with van der Waals surface area (Å²) in [5.74, 6) is -0.282. The van der Waals surface area contributed by atoms with E-state index in [9.17, 15) is 4.39 Å². The van der Waals surface area contributed by atoms with Gasteiger partial charge >= 0.3 is 0 Å². The van der Waals surface area contributed by atoms with Crippen molar-refractivity contribution < 1.29 is 4.39 Å². The molecule has 0 aliphatic carbocycles. The number of hydrogen-bond donors (Lipinski definition) is 1. The molecule has 0 unspecified atom stereocenters. The minimum Gasteiger partial charge on any atom is -0.309 e. The van der Waals surface area contributed by atoms with Crippen LogP contribution in [0.15, 0.2) is 35.7 Å². The van der Waals surface area contributed by atoms with Crippen molar-refractivity contribution in [2.45, 2.75) is 26.7 Å². The third-order valence-electron chi connectivity index (χ3n) is 1.54. The van der Waals surface area contributed by atoms with Crippen LogP contribution >= 0.6 is 0 Å². The molecule has 0 fully saturated rings. The molecule has 0 saturated heterocycles. The van der Waals surface area contributed by atoms with Crippen LogP contribution in [-0.2, 0) is 0 Å². The van der Waals surface area contributed by atoms with E-state index in [0.29, 0.717) is 5.57 Å².